The van der Waals surface area contributed by atoms with E-state index in [0.29, 0.717) is 22.2 Å². The summed E-state index contributed by atoms with van der Waals surface area (Å²) in [6.45, 7) is 6.36. The van der Waals surface area contributed by atoms with Crippen molar-refractivity contribution >= 4 is 17.1 Å². The first-order chi connectivity index (χ1) is 15.2. The molecule has 1 aromatic heterocycles. The summed E-state index contributed by atoms with van der Waals surface area (Å²) in [5, 5.41) is 10.3. The Bertz CT molecular complexity index is 1100. The maximum atomic E-state index is 14.2. The lowest BCUT2D eigenvalue weighted by molar-refractivity contribution is -0.153. The third-order valence-corrected chi connectivity index (χ3v) is 5.63. The van der Waals surface area contributed by atoms with Crippen molar-refractivity contribution in [1.29, 1.82) is 5.26 Å². The largest absolute Gasteiger partial charge is 0.405 e. The van der Waals surface area contributed by atoms with Gasteiger partial charge in [-0.2, -0.15) is 18.4 Å². The van der Waals surface area contributed by atoms with Gasteiger partial charge in [-0.1, -0.05) is 12.7 Å². The molecule has 2 N–H and O–H groups in total. The molecule has 0 amide bonds. The van der Waals surface area contributed by atoms with Gasteiger partial charge in [0.25, 0.3) is 0 Å². The number of hydrazine groups is 1. The highest BCUT2D eigenvalue weighted by molar-refractivity contribution is 5.89. The second-order valence-corrected chi connectivity index (χ2v) is 7.87. The highest BCUT2D eigenvalue weighted by Crippen LogP contribution is 2.39. The number of halogens is 4. The van der Waals surface area contributed by atoms with Crippen molar-refractivity contribution < 1.29 is 17.6 Å². The Labute approximate surface area is 184 Å². The zero-order valence-electron chi connectivity index (χ0n) is 17.9. The minimum absolute atomic E-state index is 0.125. The van der Waals surface area contributed by atoms with Crippen LogP contribution in [0.5, 0.6) is 0 Å². The number of aromatic nitrogens is 1. The quantitative estimate of drug-likeness (QED) is 0.247. The van der Waals surface area contributed by atoms with Gasteiger partial charge in [0.1, 0.15) is 17.9 Å². The number of nitriles is 1. The van der Waals surface area contributed by atoms with Gasteiger partial charge in [-0.05, 0) is 56.9 Å². The molecule has 2 aromatic rings. The molecule has 0 radical (unpaired) electrons. The van der Waals surface area contributed by atoms with Crippen LogP contribution in [-0.4, -0.2) is 23.0 Å². The number of fused-ring (bicyclic) bond motifs is 1. The molecule has 1 aliphatic rings. The highest BCUT2D eigenvalue weighted by atomic mass is 19.4. The molecule has 0 bridgehead atoms. The molecule has 3 rings (SSSR count). The number of allylic oxidation sites excluding steroid dienone is 3. The normalized spacial score (nSPS) is 16.2. The third-order valence-electron chi connectivity index (χ3n) is 5.63. The van der Waals surface area contributed by atoms with Crippen LogP contribution < -0.4 is 10.9 Å². The summed E-state index contributed by atoms with van der Waals surface area (Å²) in [5.74, 6) is -0.375. The lowest BCUT2D eigenvalue weighted by atomic mass is 9.92. The smallest absolute Gasteiger partial charge is 0.339 e. The van der Waals surface area contributed by atoms with E-state index in [1.165, 1.54) is 24.4 Å². The number of hydrogen-bond acceptors (Lipinski definition) is 4. The van der Waals surface area contributed by atoms with E-state index >= 15 is 0 Å². The van der Waals surface area contributed by atoms with E-state index in [9.17, 15) is 22.8 Å². The fourth-order valence-electron chi connectivity index (χ4n) is 3.58. The van der Waals surface area contributed by atoms with Gasteiger partial charge in [-0.3, -0.25) is 4.99 Å². The van der Waals surface area contributed by atoms with Crippen LogP contribution in [0.2, 0.25) is 0 Å². The number of nitrogens with one attached hydrogen (secondary N) is 2. The molecule has 0 spiro atoms. The Morgan fingerprint density at radius 1 is 1.41 bits per heavy atom. The van der Waals surface area contributed by atoms with Crippen LogP contribution in [0.3, 0.4) is 0 Å². The molecule has 1 atom stereocenters. The van der Waals surface area contributed by atoms with Crippen LogP contribution in [0, 0.1) is 24.1 Å². The molecular weight excluding hydrogens is 422 g/mol. The van der Waals surface area contributed by atoms with Gasteiger partial charge >= 0.3 is 6.18 Å². The summed E-state index contributed by atoms with van der Waals surface area (Å²) >= 11 is 0. The molecule has 32 heavy (non-hydrogen) atoms. The van der Waals surface area contributed by atoms with Crippen molar-refractivity contribution in [3.05, 3.63) is 59.2 Å². The summed E-state index contributed by atoms with van der Waals surface area (Å²) in [5.41, 5.74) is 7.29. The number of hydrogen-bond donors (Lipinski definition) is 2. The van der Waals surface area contributed by atoms with Crippen molar-refractivity contribution in [3.8, 4) is 6.07 Å². The number of benzene rings is 1. The fourth-order valence-corrected chi connectivity index (χ4v) is 3.58. The molecule has 1 saturated carbocycles. The first-order valence-corrected chi connectivity index (χ1v) is 10.3. The number of rotatable bonds is 8. The van der Waals surface area contributed by atoms with E-state index in [1.807, 2.05) is 0 Å². The summed E-state index contributed by atoms with van der Waals surface area (Å²) < 4.78 is 54.5. The van der Waals surface area contributed by atoms with Crippen molar-refractivity contribution in [2.24, 2.45) is 4.99 Å². The van der Waals surface area contributed by atoms with Gasteiger partial charge in [-0.15, -0.1) is 0 Å². The standard InChI is InChI=1S/C23H25F4N5/c1-4-6-16(31-30-15(3)23(25,26)27)12-29-13-22-19(11-28)18-10-20(24)14(2)9-21(18)32(22)17-7-5-8-17/h4,6,9-10,12,15,17,30-31H,1,5,7-8,13H2,2-3H3/b16-6+,29-12?/t15-/m0/s1. The molecule has 5 nitrogen and oxygen atoms in total. The first-order valence-electron chi connectivity index (χ1n) is 10.3. The molecular formula is C23H25F4N5. The minimum Gasteiger partial charge on any atom is -0.339 e. The first kappa shape index (κ1) is 23.5. The predicted octanol–water partition coefficient (Wildman–Crippen LogP) is 5.37. The third kappa shape index (κ3) is 4.86. The van der Waals surface area contributed by atoms with Crippen molar-refractivity contribution in [1.82, 2.24) is 15.4 Å². The Balaban J connectivity index is 1.90. The average Bonchev–Trinajstić information content (AvgIpc) is 2.96. The van der Waals surface area contributed by atoms with E-state index in [-0.39, 0.29) is 24.1 Å². The average molecular weight is 447 g/mol. The number of alkyl halides is 3. The van der Waals surface area contributed by atoms with E-state index in [1.54, 1.807) is 13.0 Å². The topological polar surface area (TPSA) is 65.1 Å². The molecule has 0 aliphatic heterocycles. The second kappa shape index (κ2) is 9.57. The SMILES string of the molecule is C=C/C=C(\C=NCc1c(C#N)c2cc(F)c(C)cc2n1C1CCC1)NN[C@@H](C)C(F)(F)F. The highest BCUT2D eigenvalue weighted by Gasteiger charge is 2.35. The van der Waals surface area contributed by atoms with Crippen LogP contribution in [0.15, 0.2) is 41.6 Å². The maximum absolute atomic E-state index is 14.2. The van der Waals surface area contributed by atoms with Crippen LogP contribution in [0.1, 0.15) is 49.0 Å². The Kier molecular flexibility index (Phi) is 7.04. The maximum Gasteiger partial charge on any atom is 0.405 e. The fraction of sp³-hybridized carbons (Fsp3) is 0.391. The molecule has 1 aromatic carbocycles. The van der Waals surface area contributed by atoms with Gasteiger partial charge in [0.05, 0.1) is 29.0 Å². The lowest BCUT2D eigenvalue weighted by Gasteiger charge is -2.30. The minimum atomic E-state index is -4.40. The number of nitrogens with zero attached hydrogens (tertiary/aromatic N) is 3. The molecule has 1 fully saturated rings. The summed E-state index contributed by atoms with van der Waals surface area (Å²) in [6, 6.07) is 3.77. The molecule has 0 saturated heterocycles. The monoisotopic (exact) mass is 447 g/mol. The second-order valence-electron chi connectivity index (χ2n) is 7.87. The lowest BCUT2D eigenvalue weighted by Crippen LogP contribution is -2.47. The zero-order valence-corrected chi connectivity index (χ0v) is 17.9. The van der Waals surface area contributed by atoms with E-state index < -0.39 is 12.2 Å². The summed E-state index contributed by atoms with van der Waals surface area (Å²) in [7, 11) is 0. The molecule has 170 valence electrons. The van der Waals surface area contributed by atoms with Crippen molar-refractivity contribution in [2.75, 3.05) is 0 Å². The molecule has 1 aliphatic carbocycles. The van der Waals surface area contributed by atoms with Crippen molar-refractivity contribution in [3.63, 3.8) is 0 Å². The van der Waals surface area contributed by atoms with Crippen LogP contribution >= 0.6 is 0 Å². The van der Waals surface area contributed by atoms with Gasteiger partial charge < -0.3 is 9.99 Å². The van der Waals surface area contributed by atoms with Crippen LogP contribution in [0.25, 0.3) is 10.9 Å². The Morgan fingerprint density at radius 3 is 2.69 bits per heavy atom. The van der Waals surface area contributed by atoms with Crippen LogP contribution in [-0.2, 0) is 6.54 Å². The van der Waals surface area contributed by atoms with Gasteiger partial charge in [-0.25, -0.2) is 9.82 Å². The molecule has 0 unspecified atom stereocenters. The predicted molar refractivity (Wildman–Crippen MR) is 117 cm³/mol. The van der Waals surface area contributed by atoms with Crippen LogP contribution in [0.4, 0.5) is 17.6 Å². The van der Waals surface area contributed by atoms with E-state index in [0.717, 1.165) is 31.7 Å². The molecule has 1 heterocycles. The van der Waals surface area contributed by atoms with Gasteiger partial charge in [0.15, 0.2) is 0 Å². The summed E-state index contributed by atoms with van der Waals surface area (Å²) in [4.78, 5) is 4.36. The summed E-state index contributed by atoms with van der Waals surface area (Å²) in [6.07, 6.45) is 2.88. The van der Waals surface area contributed by atoms with Gasteiger partial charge in [0.2, 0.25) is 0 Å². The Hall–Kier alpha value is -3.12. The van der Waals surface area contributed by atoms with Crippen molar-refractivity contribution in [2.45, 2.75) is 57.9 Å². The van der Waals surface area contributed by atoms with E-state index in [2.05, 4.69) is 33.1 Å². The number of aliphatic imine (C=N–C) groups is 1. The molecule has 9 heteroatoms. The van der Waals surface area contributed by atoms with E-state index in [4.69, 9.17) is 0 Å². The Morgan fingerprint density at radius 2 is 2.12 bits per heavy atom. The number of aryl methyl sites for hydroxylation is 1. The van der Waals surface area contributed by atoms with Gasteiger partial charge in [0, 0.05) is 17.6 Å². The zero-order chi connectivity index (χ0) is 23.5.